The van der Waals surface area contributed by atoms with Crippen LogP contribution in [0.5, 0.6) is 0 Å². The Labute approximate surface area is 87.3 Å². The maximum absolute atomic E-state index is 10.6. The Morgan fingerprint density at radius 2 is 2.40 bits per heavy atom. The predicted octanol–water partition coefficient (Wildman–Crippen LogP) is 0.585. The largest absolute Gasteiger partial charge is 0.481 e. The lowest BCUT2D eigenvalue weighted by Crippen LogP contribution is -2.44. The minimum absolute atomic E-state index is 0.289. The number of aliphatic hydroxyl groups is 1. The molecule has 0 radical (unpaired) electrons. The van der Waals surface area contributed by atoms with Crippen molar-refractivity contribution in [1.29, 1.82) is 0 Å². The second kappa shape index (κ2) is 3.34. The van der Waals surface area contributed by atoms with Crippen LogP contribution in [0, 0.1) is 5.92 Å². The second-order valence-electron chi connectivity index (χ2n) is 4.06. The summed E-state index contributed by atoms with van der Waals surface area (Å²) in [7, 11) is 0. The molecule has 0 atom stereocenters. The van der Waals surface area contributed by atoms with Crippen LogP contribution in [0.3, 0.4) is 0 Å². The standard InChI is InChI=1S/C10H14N2O3/c1-2-12-6-8(5-11-12)10(15)3-7(4-10)9(13)14/h5-7,15H,2-4H2,1H3,(H,13,14). The molecule has 0 aromatic carbocycles. The van der Waals surface area contributed by atoms with Gasteiger partial charge in [-0.05, 0) is 19.8 Å². The van der Waals surface area contributed by atoms with Gasteiger partial charge in [0.15, 0.2) is 0 Å². The molecule has 0 saturated heterocycles. The normalized spacial score (nSPS) is 29.9. The smallest absolute Gasteiger partial charge is 0.306 e. The van der Waals surface area contributed by atoms with Crippen LogP contribution in [0.4, 0.5) is 0 Å². The van der Waals surface area contributed by atoms with E-state index in [1.165, 1.54) is 0 Å². The molecule has 1 fully saturated rings. The van der Waals surface area contributed by atoms with E-state index in [0.29, 0.717) is 0 Å². The summed E-state index contributed by atoms with van der Waals surface area (Å²) in [5.74, 6) is -1.25. The third-order valence-corrected chi connectivity index (χ3v) is 3.01. The molecule has 0 aliphatic heterocycles. The van der Waals surface area contributed by atoms with Crippen molar-refractivity contribution < 1.29 is 15.0 Å². The van der Waals surface area contributed by atoms with Crippen molar-refractivity contribution in [2.75, 3.05) is 0 Å². The molecule has 0 unspecified atom stereocenters. The number of rotatable bonds is 3. The first-order valence-electron chi connectivity index (χ1n) is 5.03. The Balaban J connectivity index is 2.09. The SMILES string of the molecule is CCn1cc(C2(O)CC(C(=O)O)C2)cn1. The molecule has 0 bridgehead atoms. The molecule has 15 heavy (non-hydrogen) atoms. The number of hydrogen-bond acceptors (Lipinski definition) is 3. The first kappa shape index (κ1) is 10.2. The maximum Gasteiger partial charge on any atom is 0.306 e. The van der Waals surface area contributed by atoms with Crippen molar-refractivity contribution >= 4 is 5.97 Å². The Kier molecular flexibility index (Phi) is 2.26. The van der Waals surface area contributed by atoms with Crippen molar-refractivity contribution in [3.8, 4) is 0 Å². The topological polar surface area (TPSA) is 75.4 Å². The third-order valence-electron chi connectivity index (χ3n) is 3.01. The van der Waals surface area contributed by atoms with Gasteiger partial charge in [-0.1, -0.05) is 0 Å². The van der Waals surface area contributed by atoms with Gasteiger partial charge in [-0.15, -0.1) is 0 Å². The van der Waals surface area contributed by atoms with Crippen LogP contribution in [0.1, 0.15) is 25.3 Å². The molecule has 2 N–H and O–H groups in total. The lowest BCUT2D eigenvalue weighted by atomic mass is 9.68. The molecule has 1 aliphatic rings. The first-order valence-corrected chi connectivity index (χ1v) is 5.03. The highest BCUT2D eigenvalue weighted by atomic mass is 16.4. The molecule has 0 spiro atoms. The van der Waals surface area contributed by atoms with Gasteiger partial charge >= 0.3 is 5.97 Å². The molecular formula is C10H14N2O3. The van der Waals surface area contributed by atoms with E-state index in [4.69, 9.17) is 5.11 Å². The number of aryl methyl sites for hydroxylation is 1. The summed E-state index contributed by atoms with van der Waals surface area (Å²) >= 11 is 0. The van der Waals surface area contributed by atoms with Crippen LogP contribution >= 0.6 is 0 Å². The van der Waals surface area contributed by atoms with Gasteiger partial charge in [-0.2, -0.15) is 5.10 Å². The highest BCUT2D eigenvalue weighted by Gasteiger charge is 2.48. The number of nitrogens with zero attached hydrogens (tertiary/aromatic N) is 2. The van der Waals surface area contributed by atoms with Gasteiger partial charge in [0.2, 0.25) is 0 Å². The van der Waals surface area contributed by atoms with Crippen LogP contribution in [-0.2, 0) is 16.9 Å². The van der Waals surface area contributed by atoms with E-state index in [-0.39, 0.29) is 12.8 Å². The molecule has 1 saturated carbocycles. The van der Waals surface area contributed by atoms with Gasteiger partial charge in [0, 0.05) is 18.3 Å². The number of hydrogen-bond donors (Lipinski definition) is 2. The van der Waals surface area contributed by atoms with E-state index in [1.54, 1.807) is 17.1 Å². The Morgan fingerprint density at radius 1 is 1.73 bits per heavy atom. The summed E-state index contributed by atoms with van der Waals surface area (Å²) < 4.78 is 1.72. The van der Waals surface area contributed by atoms with Gasteiger partial charge < -0.3 is 10.2 Å². The predicted molar refractivity (Wildman–Crippen MR) is 52.2 cm³/mol. The van der Waals surface area contributed by atoms with Gasteiger partial charge in [-0.3, -0.25) is 9.48 Å². The van der Waals surface area contributed by atoms with Crippen molar-refractivity contribution in [3.63, 3.8) is 0 Å². The summed E-state index contributed by atoms with van der Waals surface area (Å²) in [5, 5.41) is 22.9. The number of aromatic nitrogens is 2. The molecule has 2 rings (SSSR count). The van der Waals surface area contributed by atoms with Crippen LogP contribution in [-0.4, -0.2) is 26.0 Å². The van der Waals surface area contributed by atoms with E-state index in [0.717, 1.165) is 12.1 Å². The van der Waals surface area contributed by atoms with Crippen LogP contribution < -0.4 is 0 Å². The summed E-state index contributed by atoms with van der Waals surface area (Å²) in [6.07, 6.45) is 3.97. The zero-order valence-corrected chi connectivity index (χ0v) is 8.55. The highest BCUT2D eigenvalue weighted by molar-refractivity contribution is 5.71. The van der Waals surface area contributed by atoms with Crippen LogP contribution in [0.2, 0.25) is 0 Å². The van der Waals surface area contributed by atoms with E-state index < -0.39 is 17.5 Å². The van der Waals surface area contributed by atoms with Crippen molar-refractivity contribution in [1.82, 2.24) is 9.78 Å². The fourth-order valence-corrected chi connectivity index (χ4v) is 1.94. The number of aliphatic carboxylic acids is 1. The lowest BCUT2D eigenvalue weighted by Gasteiger charge is -2.40. The van der Waals surface area contributed by atoms with Crippen LogP contribution in [0.15, 0.2) is 12.4 Å². The van der Waals surface area contributed by atoms with E-state index in [9.17, 15) is 9.90 Å². The Bertz CT molecular complexity index is 380. The summed E-state index contributed by atoms with van der Waals surface area (Å²) in [6, 6.07) is 0. The molecule has 1 heterocycles. The lowest BCUT2D eigenvalue weighted by molar-refractivity contribution is -0.159. The van der Waals surface area contributed by atoms with Gasteiger partial charge in [0.1, 0.15) is 0 Å². The average molecular weight is 210 g/mol. The highest BCUT2D eigenvalue weighted by Crippen LogP contribution is 2.45. The number of carboxylic acid groups (broad SMARTS) is 1. The third kappa shape index (κ3) is 1.63. The second-order valence-corrected chi connectivity index (χ2v) is 4.06. The molecule has 5 heteroatoms. The zero-order valence-electron chi connectivity index (χ0n) is 8.55. The summed E-state index contributed by atoms with van der Waals surface area (Å²) in [6.45, 7) is 2.71. The Morgan fingerprint density at radius 3 is 2.87 bits per heavy atom. The number of carbonyl (C=O) groups is 1. The molecule has 5 nitrogen and oxygen atoms in total. The summed E-state index contributed by atoms with van der Waals surface area (Å²) in [4.78, 5) is 10.6. The first-order chi connectivity index (χ1) is 7.05. The van der Waals surface area contributed by atoms with E-state index in [2.05, 4.69) is 5.10 Å². The molecule has 1 aromatic rings. The Hall–Kier alpha value is -1.36. The van der Waals surface area contributed by atoms with Gasteiger partial charge in [0.05, 0.1) is 17.7 Å². The van der Waals surface area contributed by atoms with Crippen molar-refractivity contribution in [3.05, 3.63) is 18.0 Å². The number of carboxylic acids is 1. The molecule has 0 amide bonds. The minimum atomic E-state index is -0.976. The maximum atomic E-state index is 10.6. The monoisotopic (exact) mass is 210 g/mol. The molecule has 1 aliphatic carbocycles. The van der Waals surface area contributed by atoms with Gasteiger partial charge in [0.25, 0.3) is 0 Å². The van der Waals surface area contributed by atoms with Crippen molar-refractivity contribution in [2.45, 2.75) is 31.9 Å². The van der Waals surface area contributed by atoms with Gasteiger partial charge in [-0.25, -0.2) is 0 Å². The van der Waals surface area contributed by atoms with Crippen molar-refractivity contribution in [2.24, 2.45) is 5.92 Å². The minimum Gasteiger partial charge on any atom is -0.481 e. The fourth-order valence-electron chi connectivity index (χ4n) is 1.94. The average Bonchev–Trinajstić information content (AvgIpc) is 2.60. The quantitative estimate of drug-likeness (QED) is 0.765. The summed E-state index contributed by atoms with van der Waals surface area (Å²) in [5.41, 5.74) is -0.252. The van der Waals surface area contributed by atoms with E-state index >= 15 is 0 Å². The van der Waals surface area contributed by atoms with E-state index in [1.807, 2.05) is 6.92 Å². The zero-order chi connectivity index (χ0) is 11.1. The fraction of sp³-hybridized carbons (Fsp3) is 0.600. The molecule has 1 aromatic heterocycles. The molecule has 82 valence electrons. The van der Waals surface area contributed by atoms with Crippen LogP contribution in [0.25, 0.3) is 0 Å². The molecular weight excluding hydrogens is 196 g/mol.